The maximum atomic E-state index is 10.0. The van der Waals surface area contributed by atoms with Gasteiger partial charge in [0.05, 0.1) is 21.9 Å². The molecule has 1 fully saturated rings. The summed E-state index contributed by atoms with van der Waals surface area (Å²) < 4.78 is 2.21. The zero-order valence-electron chi connectivity index (χ0n) is 20.3. The van der Waals surface area contributed by atoms with Crippen LogP contribution in [0.3, 0.4) is 0 Å². The highest BCUT2D eigenvalue weighted by molar-refractivity contribution is 5.82. The first-order chi connectivity index (χ1) is 16.0. The number of likely N-dealkylation sites (tertiary alicyclic amines) is 1. The van der Waals surface area contributed by atoms with Crippen molar-refractivity contribution in [2.24, 2.45) is 23.7 Å². The minimum atomic E-state index is 0.464. The maximum absolute atomic E-state index is 10.0. The molecule has 33 heavy (non-hydrogen) atoms. The van der Waals surface area contributed by atoms with Crippen LogP contribution in [0.15, 0.2) is 42.5 Å². The highest BCUT2D eigenvalue weighted by Gasteiger charge is 2.31. The second kappa shape index (κ2) is 8.71. The molecule has 1 saturated heterocycles. The summed E-state index contributed by atoms with van der Waals surface area (Å²) in [6.45, 7) is 11.5. The third-order valence-corrected chi connectivity index (χ3v) is 7.77. The summed E-state index contributed by atoms with van der Waals surface area (Å²) >= 11 is 0. The van der Waals surface area contributed by atoms with Gasteiger partial charge in [0.2, 0.25) is 0 Å². The molecule has 3 atom stereocenters. The molecule has 5 rings (SSSR count). The number of fused-ring (bicyclic) bond motifs is 5. The first-order valence-electron chi connectivity index (χ1n) is 12.5. The van der Waals surface area contributed by atoms with Crippen LogP contribution in [0, 0.1) is 35.0 Å². The smallest absolute Gasteiger partial charge is 0.156 e. The molecule has 1 aliphatic heterocycles. The molecule has 0 spiro atoms. The quantitative estimate of drug-likeness (QED) is 0.585. The predicted molar refractivity (Wildman–Crippen MR) is 136 cm³/mol. The number of para-hydroxylation sites is 2. The molecule has 1 aromatic carbocycles. The van der Waals surface area contributed by atoms with E-state index in [1.165, 1.54) is 23.9 Å². The predicted octanol–water partition coefficient (Wildman–Crippen LogP) is 4.85. The summed E-state index contributed by atoms with van der Waals surface area (Å²) in [7, 11) is 0. The first kappa shape index (κ1) is 21.8. The van der Waals surface area contributed by atoms with E-state index >= 15 is 0 Å². The van der Waals surface area contributed by atoms with Crippen molar-refractivity contribution in [3.05, 3.63) is 58.6 Å². The van der Waals surface area contributed by atoms with Crippen molar-refractivity contribution in [3.8, 4) is 6.07 Å². The van der Waals surface area contributed by atoms with Crippen molar-refractivity contribution in [2.75, 3.05) is 13.1 Å². The molecule has 4 nitrogen and oxygen atoms in total. The fraction of sp³-hybridized carbons (Fsp3) is 0.448. The van der Waals surface area contributed by atoms with Crippen molar-refractivity contribution in [2.45, 2.75) is 47.0 Å². The number of pyridine rings is 1. The molecular weight excluding hydrogens is 404 g/mol. The summed E-state index contributed by atoms with van der Waals surface area (Å²) in [4.78, 5) is 7.41. The molecule has 2 aromatic heterocycles. The number of allylic oxidation sites excluding steroid dienone is 1. The van der Waals surface area contributed by atoms with Crippen molar-refractivity contribution in [1.82, 2.24) is 14.3 Å². The van der Waals surface area contributed by atoms with Gasteiger partial charge in [-0.3, -0.25) is 4.40 Å². The van der Waals surface area contributed by atoms with Crippen LogP contribution in [0.4, 0.5) is 0 Å². The molecule has 0 N–H and O–H groups in total. The fourth-order valence-electron chi connectivity index (χ4n) is 6.04. The largest absolute Gasteiger partial charge is 0.371 e. The normalized spacial score (nSPS) is 21.7. The Morgan fingerprint density at radius 3 is 2.82 bits per heavy atom. The minimum Gasteiger partial charge on any atom is -0.371 e. The molecule has 0 bridgehead atoms. The van der Waals surface area contributed by atoms with Gasteiger partial charge in [0.15, 0.2) is 5.65 Å². The van der Waals surface area contributed by atoms with Gasteiger partial charge in [-0.25, -0.2) is 4.98 Å². The van der Waals surface area contributed by atoms with Crippen LogP contribution in [0.5, 0.6) is 0 Å². The van der Waals surface area contributed by atoms with E-state index in [2.05, 4.69) is 79.5 Å². The maximum Gasteiger partial charge on any atom is 0.156 e. The number of rotatable bonds is 4. The summed E-state index contributed by atoms with van der Waals surface area (Å²) in [5.41, 5.74) is 4.66. The SMILES string of the molecule is CCC(C(C)C)C1CCN(C2=c3cc(C#N)c4nc5ccccc5n4c3=CCC(C)C=C2)C1. The second-order valence-corrected chi connectivity index (χ2v) is 10.2. The molecule has 170 valence electrons. The number of hydrogen-bond donors (Lipinski definition) is 0. The zero-order valence-corrected chi connectivity index (χ0v) is 20.3. The average molecular weight is 439 g/mol. The van der Waals surface area contributed by atoms with E-state index in [-0.39, 0.29) is 0 Å². The lowest BCUT2D eigenvalue weighted by Crippen LogP contribution is -2.39. The number of aromatic nitrogens is 2. The summed E-state index contributed by atoms with van der Waals surface area (Å²) in [5, 5.41) is 12.4. The Labute approximate surface area is 196 Å². The number of benzene rings is 1. The fourth-order valence-corrected chi connectivity index (χ4v) is 6.04. The van der Waals surface area contributed by atoms with E-state index in [1.54, 1.807) is 0 Å². The monoisotopic (exact) mass is 438 g/mol. The Bertz CT molecular complexity index is 1380. The van der Waals surface area contributed by atoms with Crippen LogP contribution in [-0.2, 0) is 0 Å². The average Bonchev–Trinajstić information content (AvgIpc) is 3.42. The van der Waals surface area contributed by atoms with Gasteiger partial charge < -0.3 is 4.90 Å². The number of nitriles is 1. The van der Waals surface area contributed by atoms with Crippen LogP contribution >= 0.6 is 0 Å². The Kier molecular flexibility index (Phi) is 5.74. The molecule has 3 aromatic rings. The topological polar surface area (TPSA) is 44.3 Å². The van der Waals surface area contributed by atoms with Gasteiger partial charge in [-0.2, -0.15) is 5.26 Å². The lowest BCUT2D eigenvalue weighted by Gasteiger charge is -2.27. The Balaban J connectivity index is 1.78. The number of nitrogens with zero attached hydrogens (tertiary/aromatic N) is 4. The van der Waals surface area contributed by atoms with E-state index in [0.29, 0.717) is 17.4 Å². The summed E-state index contributed by atoms with van der Waals surface area (Å²) in [6, 6.07) is 12.7. The Morgan fingerprint density at radius 1 is 1.24 bits per heavy atom. The molecule has 4 heteroatoms. The third-order valence-electron chi connectivity index (χ3n) is 7.77. The van der Waals surface area contributed by atoms with E-state index in [1.807, 2.05) is 12.1 Å². The molecule has 2 aliphatic rings. The van der Waals surface area contributed by atoms with Crippen molar-refractivity contribution >= 4 is 28.5 Å². The van der Waals surface area contributed by atoms with Gasteiger partial charge in [-0.05, 0) is 60.8 Å². The number of hydrogen-bond acceptors (Lipinski definition) is 3. The lowest BCUT2D eigenvalue weighted by molar-refractivity contribution is 0.251. The van der Waals surface area contributed by atoms with E-state index in [4.69, 9.17) is 4.98 Å². The van der Waals surface area contributed by atoms with Gasteiger partial charge in [0.1, 0.15) is 6.07 Å². The van der Waals surface area contributed by atoms with Crippen LogP contribution < -0.4 is 10.6 Å². The third kappa shape index (κ3) is 3.74. The summed E-state index contributed by atoms with van der Waals surface area (Å²) in [5.74, 6) is 2.65. The van der Waals surface area contributed by atoms with E-state index in [9.17, 15) is 5.26 Å². The minimum absolute atomic E-state index is 0.464. The van der Waals surface area contributed by atoms with E-state index in [0.717, 1.165) is 53.2 Å². The molecule has 0 radical (unpaired) electrons. The van der Waals surface area contributed by atoms with Gasteiger partial charge >= 0.3 is 0 Å². The zero-order chi connectivity index (χ0) is 23.1. The summed E-state index contributed by atoms with van der Waals surface area (Å²) in [6.07, 6.45) is 10.5. The van der Waals surface area contributed by atoms with Crippen molar-refractivity contribution in [3.63, 3.8) is 0 Å². The molecule has 1 aliphatic carbocycles. The molecule has 3 heterocycles. The highest BCUT2D eigenvalue weighted by atomic mass is 15.2. The van der Waals surface area contributed by atoms with E-state index < -0.39 is 0 Å². The molecule has 0 amide bonds. The molecular formula is C29H34N4. The van der Waals surface area contributed by atoms with Crippen molar-refractivity contribution in [1.29, 1.82) is 5.26 Å². The second-order valence-electron chi connectivity index (χ2n) is 10.2. The molecule has 0 saturated carbocycles. The number of imidazole rings is 1. The van der Waals surface area contributed by atoms with Gasteiger partial charge in [-0.1, -0.05) is 58.4 Å². The van der Waals surface area contributed by atoms with Gasteiger partial charge in [0.25, 0.3) is 0 Å². The Morgan fingerprint density at radius 2 is 2.06 bits per heavy atom. The van der Waals surface area contributed by atoms with Crippen LogP contribution in [0.2, 0.25) is 0 Å². The first-order valence-corrected chi connectivity index (χ1v) is 12.5. The Hall–Kier alpha value is -3.06. The van der Waals surface area contributed by atoms with Crippen molar-refractivity contribution < 1.29 is 0 Å². The van der Waals surface area contributed by atoms with Gasteiger partial charge in [0, 0.05) is 24.0 Å². The van der Waals surface area contributed by atoms with Crippen LogP contribution in [0.25, 0.3) is 28.5 Å². The molecule has 3 unspecified atom stereocenters. The standard InChI is InChI=1S/C29H34N4/c1-5-23(19(2)3)21-14-15-32(18-21)26-12-10-20(4)11-13-27-24(26)16-22(17-30)29-31-25-8-6-7-9-28(25)33(27)29/h6-10,12-13,16,19-21,23H,5,11,14-15,18H2,1-4H3. The van der Waals surface area contributed by atoms with Crippen LogP contribution in [-0.4, -0.2) is 27.4 Å². The van der Waals surface area contributed by atoms with Crippen LogP contribution in [0.1, 0.15) is 52.5 Å². The highest BCUT2D eigenvalue weighted by Crippen LogP contribution is 2.33. The van der Waals surface area contributed by atoms with Gasteiger partial charge in [-0.15, -0.1) is 0 Å². The lowest BCUT2D eigenvalue weighted by atomic mass is 9.81.